The maximum absolute atomic E-state index is 12.5. The normalized spacial score (nSPS) is 20.5. The van der Waals surface area contributed by atoms with Gasteiger partial charge < -0.3 is 14.7 Å². The van der Waals surface area contributed by atoms with Crippen LogP contribution >= 0.6 is 0 Å². The molecule has 0 saturated carbocycles. The Morgan fingerprint density at radius 2 is 2.08 bits per heavy atom. The van der Waals surface area contributed by atoms with Gasteiger partial charge in [0.25, 0.3) is 0 Å². The molecule has 4 rings (SSSR count). The SMILES string of the molecule is O=C1NCCN2CCN(C(=O)CCc3nc(-c4ccccc4)no3)C[C@H]12. The monoisotopic (exact) mass is 355 g/mol. The first-order chi connectivity index (χ1) is 12.7. The van der Waals surface area contributed by atoms with E-state index in [1.54, 1.807) is 4.90 Å². The predicted molar refractivity (Wildman–Crippen MR) is 93.0 cm³/mol. The molecule has 136 valence electrons. The minimum absolute atomic E-state index is 0.0122. The lowest BCUT2D eigenvalue weighted by Crippen LogP contribution is -2.64. The molecule has 0 unspecified atom stereocenters. The van der Waals surface area contributed by atoms with Crippen molar-refractivity contribution >= 4 is 11.8 Å². The van der Waals surface area contributed by atoms with Crippen LogP contribution in [0.2, 0.25) is 0 Å². The van der Waals surface area contributed by atoms with Gasteiger partial charge in [-0.25, -0.2) is 0 Å². The standard InChI is InChI=1S/C18H21N5O3/c24-16(23-11-10-22-9-8-19-18(25)14(22)12-23)7-6-15-20-17(21-26-15)13-4-2-1-3-5-13/h1-5,14H,6-12H2,(H,19,25)/t14-/m1/s1. The number of nitrogens with zero attached hydrogens (tertiary/aromatic N) is 4. The van der Waals surface area contributed by atoms with Crippen molar-refractivity contribution in [2.24, 2.45) is 0 Å². The maximum atomic E-state index is 12.5. The van der Waals surface area contributed by atoms with Crippen LogP contribution in [-0.4, -0.2) is 70.5 Å². The number of hydrogen-bond donors (Lipinski definition) is 1. The van der Waals surface area contributed by atoms with Gasteiger partial charge in [0.1, 0.15) is 6.04 Å². The first kappa shape index (κ1) is 16.7. The first-order valence-electron chi connectivity index (χ1n) is 8.88. The zero-order valence-electron chi connectivity index (χ0n) is 14.4. The summed E-state index contributed by atoms with van der Waals surface area (Å²) in [4.78, 5) is 32.8. The Labute approximate surface area is 151 Å². The largest absolute Gasteiger partial charge is 0.353 e. The molecule has 0 spiro atoms. The van der Waals surface area contributed by atoms with E-state index in [4.69, 9.17) is 4.52 Å². The third-order valence-electron chi connectivity index (χ3n) is 4.90. The van der Waals surface area contributed by atoms with Crippen LogP contribution < -0.4 is 5.32 Å². The van der Waals surface area contributed by atoms with Gasteiger partial charge in [-0.1, -0.05) is 35.5 Å². The summed E-state index contributed by atoms with van der Waals surface area (Å²) in [6.07, 6.45) is 0.695. The predicted octanol–water partition coefficient (Wildman–Crippen LogP) is 0.312. The minimum Gasteiger partial charge on any atom is -0.353 e. The van der Waals surface area contributed by atoms with Crippen LogP contribution in [0.1, 0.15) is 12.3 Å². The van der Waals surface area contributed by atoms with Gasteiger partial charge in [-0.3, -0.25) is 14.5 Å². The van der Waals surface area contributed by atoms with E-state index in [0.717, 1.165) is 18.7 Å². The topological polar surface area (TPSA) is 91.6 Å². The van der Waals surface area contributed by atoms with E-state index in [-0.39, 0.29) is 17.9 Å². The number of piperazine rings is 2. The lowest BCUT2D eigenvalue weighted by Gasteiger charge is -2.43. The number of carbonyl (C=O) groups excluding carboxylic acids is 2. The Balaban J connectivity index is 1.33. The van der Waals surface area contributed by atoms with E-state index in [0.29, 0.717) is 44.2 Å². The number of aromatic nitrogens is 2. The summed E-state index contributed by atoms with van der Waals surface area (Å²) in [6.45, 7) is 3.38. The quantitative estimate of drug-likeness (QED) is 0.849. The van der Waals surface area contributed by atoms with E-state index in [2.05, 4.69) is 20.4 Å². The molecule has 8 nitrogen and oxygen atoms in total. The van der Waals surface area contributed by atoms with Crippen molar-refractivity contribution in [2.45, 2.75) is 18.9 Å². The van der Waals surface area contributed by atoms with Crippen molar-refractivity contribution in [3.05, 3.63) is 36.2 Å². The molecule has 1 aromatic heterocycles. The lowest BCUT2D eigenvalue weighted by molar-refractivity contribution is -0.140. The van der Waals surface area contributed by atoms with Crippen molar-refractivity contribution in [3.8, 4) is 11.4 Å². The highest BCUT2D eigenvalue weighted by atomic mass is 16.5. The zero-order valence-corrected chi connectivity index (χ0v) is 14.4. The van der Waals surface area contributed by atoms with E-state index in [9.17, 15) is 9.59 Å². The van der Waals surface area contributed by atoms with E-state index < -0.39 is 0 Å². The molecule has 0 bridgehead atoms. The Hall–Kier alpha value is -2.74. The number of amides is 2. The summed E-state index contributed by atoms with van der Waals surface area (Å²) in [5.74, 6) is 1.01. The van der Waals surface area contributed by atoms with Crippen LogP contribution in [0.4, 0.5) is 0 Å². The summed E-state index contributed by atoms with van der Waals surface area (Å²) in [5.41, 5.74) is 0.883. The van der Waals surface area contributed by atoms with Crippen LogP contribution in [0.25, 0.3) is 11.4 Å². The Kier molecular flexibility index (Phi) is 4.66. The van der Waals surface area contributed by atoms with E-state index in [1.165, 1.54) is 0 Å². The zero-order chi connectivity index (χ0) is 17.9. The fraction of sp³-hybridized carbons (Fsp3) is 0.444. The van der Waals surface area contributed by atoms with Gasteiger partial charge in [-0.15, -0.1) is 0 Å². The average Bonchev–Trinajstić information content (AvgIpc) is 3.16. The Morgan fingerprint density at radius 3 is 2.92 bits per heavy atom. The van der Waals surface area contributed by atoms with Crippen LogP contribution in [0.15, 0.2) is 34.9 Å². The molecule has 0 aliphatic carbocycles. The molecule has 2 aliphatic rings. The molecular weight excluding hydrogens is 334 g/mol. The highest BCUT2D eigenvalue weighted by Crippen LogP contribution is 2.17. The van der Waals surface area contributed by atoms with Gasteiger partial charge in [-0.2, -0.15) is 4.98 Å². The van der Waals surface area contributed by atoms with E-state index in [1.807, 2.05) is 30.3 Å². The summed E-state index contributed by atoms with van der Waals surface area (Å²) >= 11 is 0. The summed E-state index contributed by atoms with van der Waals surface area (Å²) in [6, 6.07) is 9.35. The fourth-order valence-electron chi connectivity index (χ4n) is 3.44. The molecule has 2 aliphatic heterocycles. The van der Waals surface area contributed by atoms with Crippen molar-refractivity contribution < 1.29 is 14.1 Å². The first-order valence-corrected chi connectivity index (χ1v) is 8.88. The Morgan fingerprint density at radius 1 is 1.23 bits per heavy atom. The van der Waals surface area contributed by atoms with Gasteiger partial charge in [0, 0.05) is 51.1 Å². The maximum Gasteiger partial charge on any atom is 0.239 e. The number of nitrogens with one attached hydrogen (secondary N) is 1. The van der Waals surface area contributed by atoms with Crippen LogP contribution in [-0.2, 0) is 16.0 Å². The van der Waals surface area contributed by atoms with Gasteiger partial charge in [0.2, 0.25) is 23.5 Å². The second-order valence-electron chi connectivity index (χ2n) is 6.56. The fourth-order valence-corrected chi connectivity index (χ4v) is 3.44. The van der Waals surface area contributed by atoms with Gasteiger partial charge in [0.15, 0.2) is 0 Å². The second kappa shape index (κ2) is 7.25. The number of fused-ring (bicyclic) bond motifs is 1. The van der Waals surface area contributed by atoms with Crippen LogP contribution in [0.5, 0.6) is 0 Å². The van der Waals surface area contributed by atoms with Crippen LogP contribution in [0, 0.1) is 0 Å². The molecule has 2 saturated heterocycles. The lowest BCUT2D eigenvalue weighted by atomic mass is 10.1. The molecule has 0 radical (unpaired) electrons. The second-order valence-corrected chi connectivity index (χ2v) is 6.56. The number of hydrogen-bond acceptors (Lipinski definition) is 6. The molecule has 2 aromatic rings. The van der Waals surface area contributed by atoms with Crippen molar-refractivity contribution in [1.82, 2.24) is 25.3 Å². The third-order valence-corrected chi connectivity index (χ3v) is 4.90. The van der Waals surface area contributed by atoms with Gasteiger partial charge in [0.05, 0.1) is 0 Å². The molecule has 3 heterocycles. The van der Waals surface area contributed by atoms with E-state index >= 15 is 0 Å². The summed E-state index contributed by atoms with van der Waals surface area (Å²) < 4.78 is 5.26. The van der Waals surface area contributed by atoms with Crippen molar-refractivity contribution in [1.29, 1.82) is 0 Å². The molecule has 1 N–H and O–H groups in total. The molecule has 26 heavy (non-hydrogen) atoms. The molecular formula is C18H21N5O3. The van der Waals surface area contributed by atoms with Gasteiger partial charge >= 0.3 is 0 Å². The number of benzene rings is 1. The third kappa shape index (κ3) is 3.45. The highest BCUT2D eigenvalue weighted by molar-refractivity contribution is 5.84. The van der Waals surface area contributed by atoms with Crippen LogP contribution in [0.3, 0.4) is 0 Å². The minimum atomic E-state index is -0.227. The number of aryl methyl sites for hydroxylation is 1. The molecule has 2 amide bonds. The average molecular weight is 355 g/mol. The smallest absolute Gasteiger partial charge is 0.239 e. The van der Waals surface area contributed by atoms with Crippen molar-refractivity contribution in [3.63, 3.8) is 0 Å². The number of carbonyl (C=O) groups is 2. The molecule has 1 atom stereocenters. The van der Waals surface area contributed by atoms with Crippen molar-refractivity contribution in [2.75, 3.05) is 32.7 Å². The number of rotatable bonds is 4. The molecule has 8 heteroatoms. The highest BCUT2D eigenvalue weighted by Gasteiger charge is 2.36. The summed E-state index contributed by atoms with van der Waals surface area (Å²) in [5, 5.41) is 6.84. The Bertz CT molecular complexity index is 791. The van der Waals surface area contributed by atoms with Gasteiger partial charge in [-0.05, 0) is 0 Å². The molecule has 2 fully saturated rings. The summed E-state index contributed by atoms with van der Waals surface area (Å²) in [7, 11) is 0. The molecule has 1 aromatic carbocycles.